The van der Waals surface area contributed by atoms with E-state index in [0.29, 0.717) is 5.57 Å². The van der Waals surface area contributed by atoms with Crippen molar-refractivity contribution in [1.29, 1.82) is 0 Å². The molecule has 1 aliphatic heterocycles. The fourth-order valence-electron chi connectivity index (χ4n) is 3.17. The van der Waals surface area contributed by atoms with Gasteiger partial charge in [0.25, 0.3) is 0 Å². The second-order valence-electron chi connectivity index (χ2n) is 7.39. The first-order valence-electron chi connectivity index (χ1n) is 9.84. The summed E-state index contributed by atoms with van der Waals surface area (Å²) in [6, 6.07) is 0. The van der Waals surface area contributed by atoms with Crippen LogP contribution in [-0.4, -0.2) is 58.5 Å². The van der Waals surface area contributed by atoms with Gasteiger partial charge in [0.05, 0.1) is 12.7 Å². The van der Waals surface area contributed by atoms with Gasteiger partial charge >= 0.3 is 5.97 Å². The average Bonchev–Trinajstić information content (AvgIpc) is 2.93. The van der Waals surface area contributed by atoms with Gasteiger partial charge in [-0.1, -0.05) is 41.5 Å². The summed E-state index contributed by atoms with van der Waals surface area (Å²) in [4.78, 5) is 36.3. The van der Waals surface area contributed by atoms with Crippen molar-refractivity contribution in [1.82, 2.24) is 5.32 Å². The van der Waals surface area contributed by atoms with Crippen LogP contribution in [0.1, 0.15) is 34.1 Å². The Morgan fingerprint density at radius 1 is 1.19 bits per heavy atom. The topological polar surface area (TPSA) is 133 Å². The summed E-state index contributed by atoms with van der Waals surface area (Å²) in [7, 11) is 1.32. The van der Waals surface area contributed by atoms with Gasteiger partial charge in [-0.15, -0.1) is 0 Å². The fraction of sp³-hybridized carbons (Fsp3) is 0.435. The summed E-state index contributed by atoms with van der Waals surface area (Å²) in [5.41, 5.74) is 0.309. The normalized spacial score (nSPS) is 25.7. The molecule has 1 aliphatic rings. The van der Waals surface area contributed by atoms with E-state index in [4.69, 9.17) is 9.84 Å². The Morgan fingerprint density at radius 2 is 1.84 bits per heavy atom. The molecule has 170 valence electrons. The van der Waals surface area contributed by atoms with Crippen molar-refractivity contribution in [3.63, 3.8) is 0 Å². The number of aliphatic hydroxyl groups excluding tert-OH is 2. The number of ether oxygens (including phenoxy) is 1. The van der Waals surface area contributed by atoms with Crippen LogP contribution in [0.3, 0.4) is 0 Å². The highest BCUT2D eigenvalue weighted by Gasteiger charge is 2.54. The Labute approximate surface area is 182 Å². The lowest BCUT2D eigenvalue weighted by Crippen LogP contribution is -2.50. The lowest BCUT2D eigenvalue weighted by Gasteiger charge is -2.26. The second-order valence-corrected chi connectivity index (χ2v) is 7.39. The number of hydrogen-bond acceptors (Lipinski definition) is 7. The number of Topliss-reactive ketones (excluding diaryl/α,β-unsaturated/α-hetero) is 1. The van der Waals surface area contributed by atoms with Crippen LogP contribution in [0.5, 0.6) is 0 Å². The largest absolute Gasteiger partial charge is 0.465 e. The molecule has 3 atom stereocenters. The molecule has 0 aromatic carbocycles. The van der Waals surface area contributed by atoms with Crippen molar-refractivity contribution >= 4 is 17.7 Å². The fourth-order valence-corrected chi connectivity index (χ4v) is 3.17. The summed E-state index contributed by atoms with van der Waals surface area (Å²) in [6.45, 7) is 6.47. The van der Waals surface area contributed by atoms with Crippen molar-refractivity contribution in [3.05, 3.63) is 58.7 Å². The zero-order valence-corrected chi connectivity index (χ0v) is 18.5. The molecule has 1 rings (SSSR count). The van der Waals surface area contributed by atoms with E-state index >= 15 is 0 Å². The average molecular weight is 434 g/mol. The van der Waals surface area contributed by atoms with Crippen molar-refractivity contribution in [2.45, 2.75) is 45.9 Å². The maximum atomic E-state index is 12.6. The van der Waals surface area contributed by atoms with Crippen molar-refractivity contribution < 1.29 is 34.4 Å². The zero-order valence-electron chi connectivity index (χ0n) is 18.5. The molecule has 0 radical (unpaired) electrons. The van der Waals surface area contributed by atoms with E-state index in [1.165, 1.54) is 20.1 Å². The molecule has 1 heterocycles. The highest BCUT2D eigenvalue weighted by Crippen LogP contribution is 2.29. The molecule has 3 unspecified atom stereocenters. The van der Waals surface area contributed by atoms with E-state index in [9.17, 15) is 24.6 Å². The van der Waals surface area contributed by atoms with Crippen LogP contribution in [-0.2, 0) is 19.1 Å². The van der Waals surface area contributed by atoms with Gasteiger partial charge < -0.3 is 25.4 Å². The zero-order chi connectivity index (χ0) is 23.8. The first kappa shape index (κ1) is 26.2. The Balaban J connectivity index is 2.91. The Morgan fingerprint density at radius 3 is 2.39 bits per heavy atom. The maximum Gasteiger partial charge on any atom is 0.337 e. The third-order valence-corrected chi connectivity index (χ3v) is 4.87. The number of allylic oxidation sites excluding steroid dienone is 8. The minimum absolute atomic E-state index is 0.227. The minimum atomic E-state index is -2.03. The molecule has 0 aliphatic carbocycles. The Hall–Kier alpha value is -2.81. The van der Waals surface area contributed by atoms with Crippen LogP contribution in [0.15, 0.2) is 58.7 Å². The molecule has 8 nitrogen and oxygen atoms in total. The number of amides is 1. The number of ketones is 1. The predicted octanol–water partition coefficient (Wildman–Crippen LogP) is 1.25. The first-order valence-corrected chi connectivity index (χ1v) is 9.84. The molecule has 0 saturated carbocycles. The molecule has 0 spiro atoms. The molecule has 1 fully saturated rings. The highest BCUT2D eigenvalue weighted by atomic mass is 16.5. The molecule has 31 heavy (non-hydrogen) atoms. The van der Waals surface area contributed by atoms with Gasteiger partial charge in [-0.25, -0.2) is 4.79 Å². The van der Waals surface area contributed by atoms with Crippen LogP contribution in [0, 0.1) is 5.92 Å². The quantitative estimate of drug-likeness (QED) is 0.186. The lowest BCUT2D eigenvalue weighted by molar-refractivity contribution is -0.136. The number of aliphatic hydroxyl groups is 3. The van der Waals surface area contributed by atoms with E-state index in [1.807, 2.05) is 19.9 Å². The van der Waals surface area contributed by atoms with Crippen LogP contribution >= 0.6 is 0 Å². The van der Waals surface area contributed by atoms with Crippen molar-refractivity contribution in [3.8, 4) is 0 Å². The van der Waals surface area contributed by atoms with Crippen LogP contribution in [0.4, 0.5) is 0 Å². The smallest absolute Gasteiger partial charge is 0.337 e. The molecule has 0 bridgehead atoms. The van der Waals surface area contributed by atoms with Crippen molar-refractivity contribution in [2.75, 3.05) is 13.7 Å². The Kier molecular flexibility index (Phi) is 9.77. The van der Waals surface area contributed by atoms with Gasteiger partial charge in [0.2, 0.25) is 5.91 Å². The molecule has 1 saturated heterocycles. The number of methoxy groups -OCH3 is 1. The van der Waals surface area contributed by atoms with Gasteiger partial charge in [-0.05, 0) is 39.3 Å². The van der Waals surface area contributed by atoms with Gasteiger partial charge in [0, 0.05) is 13.0 Å². The number of nitrogens with one attached hydrogen (secondary N) is 1. The summed E-state index contributed by atoms with van der Waals surface area (Å²) in [5.74, 6) is -3.27. The number of esters is 1. The van der Waals surface area contributed by atoms with Crippen LogP contribution in [0.2, 0.25) is 0 Å². The molecule has 8 heteroatoms. The van der Waals surface area contributed by atoms with Crippen LogP contribution < -0.4 is 5.32 Å². The molecule has 4 N–H and O–H groups in total. The monoisotopic (exact) mass is 433 g/mol. The third-order valence-electron chi connectivity index (χ3n) is 4.87. The predicted molar refractivity (Wildman–Crippen MR) is 115 cm³/mol. The van der Waals surface area contributed by atoms with E-state index in [1.54, 1.807) is 31.2 Å². The van der Waals surface area contributed by atoms with Crippen LogP contribution in [0.25, 0.3) is 0 Å². The summed E-state index contributed by atoms with van der Waals surface area (Å²) < 4.78 is 4.71. The highest BCUT2D eigenvalue weighted by molar-refractivity contribution is 6.11. The van der Waals surface area contributed by atoms with Gasteiger partial charge in [0.1, 0.15) is 12.0 Å². The van der Waals surface area contributed by atoms with E-state index < -0.39 is 42.0 Å². The van der Waals surface area contributed by atoms with Crippen molar-refractivity contribution in [2.24, 2.45) is 5.92 Å². The summed E-state index contributed by atoms with van der Waals surface area (Å²) in [6.07, 6.45) is 8.14. The molecule has 0 aromatic heterocycles. The molecule has 0 aromatic rings. The maximum absolute atomic E-state index is 12.6. The number of rotatable bonds is 9. The molecular weight excluding hydrogens is 402 g/mol. The van der Waals surface area contributed by atoms with Gasteiger partial charge in [-0.3, -0.25) is 9.59 Å². The lowest BCUT2D eigenvalue weighted by atomic mass is 9.90. The molecular formula is C23H31NO7. The minimum Gasteiger partial charge on any atom is -0.465 e. The van der Waals surface area contributed by atoms with E-state index in [2.05, 4.69) is 5.32 Å². The van der Waals surface area contributed by atoms with Gasteiger partial charge in [-0.2, -0.15) is 0 Å². The number of carbonyl (C=O) groups excluding carboxylic acids is 3. The standard InChI is InChI=1S/C23H31NO7/c1-6-17(22(29)31-5)13-15(3)12-14(2)8-7-9-16(4)19(26)18-20(27)23(30,10-11-25)24-21(18)28/h6-9,12-13,18,20,25,27,30H,10-11H2,1-5H3,(H,24,28). The Bertz CT molecular complexity index is 863. The number of carbonyl (C=O) groups is 3. The second kappa shape index (κ2) is 11.5. The first-order chi connectivity index (χ1) is 14.5. The molecule has 1 amide bonds. The third kappa shape index (κ3) is 6.85. The van der Waals surface area contributed by atoms with E-state index in [0.717, 1.165) is 11.1 Å². The van der Waals surface area contributed by atoms with Gasteiger partial charge in [0.15, 0.2) is 11.5 Å². The SMILES string of the molecule is CC=C(C=C(C)C=C(C)C=CC=C(C)C(=O)C1C(=O)NC(O)(CCO)C1O)C(=O)OC. The number of hydrogen-bond donors (Lipinski definition) is 4. The van der Waals surface area contributed by atoms with E-state index in [-0.39, 0.29) is 12.0 Å². The summed E-state index contributed by atoms with van der Waals surface area (Å²) in [5, 5.41) is 31.6. The summed E-state index contributed by atoms with van der Waals surface area (Å²) >= 11 is 0.